The molecule has 6 heteroatoms. The van der Waals surface area contributed by atoms with Gasteiger partial charge in [-0.3, -0.25) is 0 Å². The van der Waals surface area contributed by atoms with E-state index in [4.69, 9.17) is 15.2 Å². The number of benzene rings is 1. The number of nitrogens with two attached hydrogens (primary N) is 1. The number of anilines is 3. The predicted octanol–water partition coefficient (Wildman–Crippen LogP) is 2.49. The second-order valence-corrected chi connectivity index (χ2v) is 4.49. The smallest absolute Gasteiger partial charge is 0.158 e. The summed E-state index contributed by atoms with van der Waals surface area (Å²) in [7, 11) is 1.67. The summed E-state index contributed by atoms with van der Waals surface area (Å²) in [6, 6.07) is 9.62. The van der Waals surface area contributed by atoms with Gasteiger partial charge < -0.3 is 20.5 Å². The molecule has 0 aliphatic rings. The number of aromatic nitrogens is 2. The quantitative estimate of drug-likeness (QED) is 0.814. The van der Waals surface area contributed by atoms with Gasteiger partial charge in [-0.25, -0.2) is 9.97 Å². The molecule has 0 atom stereocenters. The lowest BCUT2D eigenvalue weighted by Gasteiger charge is -2.09. The largest absolute Gasteiger partial charge is 0.384 e. The molecule has 0 spiro atoms. The van der Waals surface area contributed by atoms with Crippen LogP contribution in [0.3, 0.4) is 0 Å². The first-order valence-corrected chi connectivity index (χ1v) is 6.77. The van der Waals surface area contributed by atoms with E-state index in [0.29, 0.717) is 37.3 Å². The number of nitrogens with one attached hydrogen (secondary N) is 1. The molecule has 3 N–H and O–H groups in total. The molecule has 0 amide bonds. The topological polar surface area (TPSA) is 82.3 Å². The van der Waals surface area contributed by atoms with E-state index >= 15 is 0 Å². The van der Waals surface area contributed by atoms with Gasteiger partial charge in [0.15, 0.2) is 5.82 Å². The predicted molar refractivity (Wildman–Crippen MR) is 82.2 cm³/mol. The van der Waals surface area contributed by atoms with E-state index in [1.165, 1.54) is 0 Å². The van der Waals surface area contributed by atoms with Crippen LogP contribution in [-0.2, 0) is 22.7 Å². The molecule has 0 unspecified atom stereocenters. The molecule has 0 fully saturated rings. The van der Waals surface area contributed by atoms with Crippen molar-refractivity contribution in [3.05, 3.63) is 41.7 Å². The van der Waals surface area contributed by atoms with Gasteiger partial charge in [-0.05, 0) is 24.6 Å². The Bertz CT molecular complexity index is 590. The lowest BCUT2D eigenvalue weighted by atomic mass is 10.2. The molecule has 6 nitrogen and oxygen atoms in total. The second kappa shape index (κ2) is 7.56. The average molecular weight is 288 g/mol. The van der Waals surface area contributed by atoms with Crippen molar-refractivity contribution in [2.24, 2.45) is 0 Å². The molecule has 0 bridgehead atoms. The maximum Gasteiger partial charge on any atom is 0.158 e. The van der Waals surface area contributed by atoms with Crippen LogP contribution < -0.4 is 11.1 Å². The lowest BCUT2D eigenvalue weighted by Crippen LogP contribution is -2.05. The zero-order chi connectivity index (χ0) is 15.1. The number of nitrogen functional groups attached to an aromatic ring is 1. The van der Waals surface area contributed by atoms with Crippen molar-refractivity contribution >= 4 is 17.3 Å². The van der Waals surface area contributed by atoms with E-state index in [9.17, 15) is 0 Å². The summed E-state index contributed by atoms with van der Waals surface area (Å²) in [4.78, 5) is 8.53. The van der Waals surface area contributed by atoms with Crippen LogP contribution in [-0.4, -0.2) is 23.7 Å². The molecule has 1 heterocycles. The van der Waals surface area contributed by atoms with Crippen molar-refractivity contribution in [3.63, 3.8) is 0 Å². The highest BCUT2D eigenvalue weighted by atomic mass is 16.5. The Labute approximate surface area is 124 Å². The highest BCUT2D eigenvalue weighted by molar-refractivity contribution is 5.59. The third kappa shape index (κ3) is 4.70. The van der Waals surface area contributed by atoms with Gasteiger partial charge in [0.25, 0.3) is 0 Å². The first-order chi connectivity index (χ1) is 10.2. The Kier molecular flexibility index (Phi) is 5.48. The summed E-state index contributed by atoms with van der Waals surface area (Å²) in [5.74, 6) is 1.62. The summed E-state index contributed by atoms with van der Waals surface area (Å²) in [5.41, 5.74) is 7.80. The first-order valence-electron chi connectivity index (χ1n) is 6.77. The highest BCUT2D eigenvalue weighted by Gasteiger charge is 2.04. The number of rotatable bonds is 7. The molecular weight excluding hydrogens is 268 g/mol. The minimum atomic E-state index is 0.347. The van der Waals surface area contributed by atoms with Crippen LogP contribution in [0.4, 0.5) is 17.3 Å². The normalized spacial score (nSPS) is 10.6. The van der Waals surface area contributed by atoms with Gasteiger partial charge in [0, 0.05) is 25.5 Å². The molecule has 0 saturated heterocycles. The average Bonchev–Trinajstić information content (AvgIpc) is 2.45. The SMILES string of the molecule is CCOCc1nc(N)cc(Nc2cccc(COC)c2)n1. The van der Waals surface area contributed by atoms with Crippen LogP contribution >= 0.6 is 0 Å². The fraction of sp³-hybridized carbons (Fsp3) is 0.333. The van der Waals surface area contributed by atoms with Crippen LogP contribution in [0.25, 0.3) is 0 Å². The van der Waals surface area contributed by atoms with Crippen molar-refractivity contribution in [1.82, 2.24) is 9.97 Å². The zero-order valence-corrected chi connectivity index (χ0v) is 12.3. The van der Waals surface area contributed by atoms with Crippen LogP contribution in [0.15, 0.2) is 30.3 Å². The van der Waals surface area contributed by atoms with Gasteiger partial charge >= 0.3 is 0 Å². The second-order valence-electron chi connectivity index (χ2n) is 4.49. The van der Waals surface area contributed by atoms with Crippen LogP contribution in [0.5, 0.6) is 0 Å². The van der Waals surface area contributed by atoms with Gasteiger partial charge in [0.2, 0.25) is 0 Å². The third-order valence-corrected chi connectivity index (χ3v) is 2.74. The van der Waals surface area contributed by atoms with Gasteiger partial charge in [0.1, 0.15) is 18.2 Å². The van der Waals surface area contributed by atoms with Gasteiger partial charge in [-0.1, -0.05) is 12.1 Å². The van der Waals surface area contributed by atoms with Crippen LogP contribution in [0, 0.1) is 0 Å². The van der Waals surface area contributed by atoms with Crippen molar-refractivity contribution in [2.75, 3.05) is 24.8 Å². The molecule has 0 radical (unpaired) electrons. The van der Waals surface area contributed by atoms with E-state index in [1.807, 2.05) is 31.2 Å². The van der Waals surface area contributed by atoms with E-state index < -0.39 is 0 Å². The molecule has 0 saturated carbocycles. The fourth-order valence-corrected chi connectivity index (χ4v) is 1.89. The van der Waals surface area contributed by atoms with Crippen molar-refractivity contribution < 1.29 is 9.47 Å². The summed E-state index contributed by atoms with van der Waals surface area (Å²) in [6.07, 6.45) is 0. The van der Waals surface area contributed by atoms with Crippen LogP contribution in [0.2, 0.25) is 0 Å². The van der Waals surface area contributed by atoms with E-state index in [2.05, 4.69) is 15.3 Å². The summed E-state index contributed by atoms with van der Waals surface area (Å²) in [6.45, 7) is 3.45. The third-order valence-electron chi connectivity index (χ3n) is 2.74. The van der Waals surface area contributed by atoms with Crippen molar-refractivity contribution in [2.45, 2.75) is 20.1 Å². The lowest BCUT2D eigenvalue weighted by molar-refractivity contribution is 0.128. The Morgan fingerprint density at radius 2 is 2.05 bits per heavy atom. The number of nitrogens with zero attached hydrogens (tertiary/aromatic N) is 2. The van der Waals surface area contributed by atoms with E-state index in [1.54, 1.807) is 13.2 Å². The number of hydrogen-bond acceptors (Lipinski definition) is 6. The molecule has 0 aliphatic heterocycles. The Morgan fingerprint density at radius 3 is 2.81 bits per heavy atom. The molecule has 21 heavy (non-hydrogen) atoms. The summed E-state index contributed by atoms with van der Waals surface area (Å²) < 4.78 is 10.4. The van der Waals surface area contributed by atoms with Gasteiger partial charge in [-0.15, -0.1) is 0 Å². The molecule has 1 aromatic carbocycles. The van der Waals surface area contributed by atoms with Crippen molar-refractivity contribution in [3.8, 4) is 0 Å². The van der Waals surface area contributed by atoms with E-state index in [0.717, 1.165) is 11.3 Å². The maximum atomic E-state index is 5.80. The molecule has 112 valence electrons. The Morgan fingerprint density at radius 1 is 1.19 bits per heavy atom. The van der Waals surface area contributed by atoms with Crippen LogP contribution in [0.1, 0.15) is 18.3 Å². The first kappa shape index (κ1) is 15.2. The van der Waals surface area contributed by atoms with E-state index in [-0.39, 0.29) is 0 Å². The highest BCUT2D eigenvalue weighted by Crippen LogP contribution is 2.18. The molecule has 0 aliphatic carbocycles. The summed E-state index contributed by atoms with van der Waals surface area (Å²) >= 11 is 0. The Hall–Kier alpha value is -2.18. The van der Waals surface area contributed by atoms with Gasteiger partial charge in [-0.2, -0.15) is 0 Å². The minimum Gasteiger partial charge on any atom is -0.384 e. The van der Waals surface area contributed by atoms with Crippen molar-refractivity contribution in [1.29, 1.82) is 0 Å². The number of methoxy groups -OCH3 is 1. The summed E-state index contributed by atoms with van der Waals surface area (Å²) in [5, 5.41) is 3.22. The zero-order valence-electron chi connectivity index (χ0n) is 12.3. The maximum absolute atomic E-state index is 5.80. The fourth-order valence-electron chi connectivity index (χ4n) is 1.89. The molecule has 2 aromatic rings. The monoisotopic (exact) mass is 288 g/mol. The number of ether oxygens (including phenoxy) is 2. The Balaban J connectivity index is 2.14. The molecule has 2 rings (SSSR count). The number of hydrogen-bond donors (Lipinski definition) is 2. The minimum absolute atomic E-state index is 0.347. The molecule has 1 aromatic heterocycles. The molecular formula is C15H20N4O2. The standard InChI is InChI=1S/C15H20N4O2/c1-3-21-10-15-18-13(16)8-14(19-15)17-12-6-4-5-11(7-12)9-20-2/h4-8H,3,9-10H2,1-2H3,(H3,16,17,18,19). The van der Waals surface area contributed by atoms with Gasteiger partial charge in [0.05, 0.1) is 6.61 Å².